The van der Waals surface area contributed by atoms with Crippen LogP contribution in [0, 0.1) is 6.92 Å². The van der Waals surface area contributed by atoms with E-state index in [2.05, 4.69) is 4.98 Å². The third-order valence-electron chi connectivity index (χ3n) is 3.03. The Morgan fingerprint density at radius 3 is 2.74 bits per heavy atom. The molecule has 3 rings (SSSR count). The van der Waals surface area contributed by atoms with E-state index in [9.17, 15) is 5.11 Å². The fourth-order valence-corrected chi connectivity index (χ4v) is 3.13. The highest BCUT2D eigenvalue weighted by atomic mass is 35.5. The van der Waals surface area contributed by atoms with Gasteiger partial charge in [-0.15, -0.1) is 11.3 Å². The summed E-state index contributed by atoms with van der Waals surface area (Å²) in [6.07, 6.45) is -0.636. The van der Waals surface area contributed by atoms with Gasteiger partial charge in [0.15, 0.2) is 0 Å². The van der Waals surface area contributed by atoms with Crippen molar-refractivity contribution in [1.82, 2.24) is 4.98 Å². The number of nitrogens with zero attached hydrogens (tertiary/aromatic N) is 1. The molecule has 2 heterocycles. The molecule has 0 spiro atoms. The number of benzene rings is 1. The van der Waals surface area contributed by atoms with Gasteiger partial charge in [0, 0.05) is 16.0 Å². The molecule has 0 fully saturated rings. The molecule has 3 aromatic rings. The SMILES string of the molecule is Cc1ccc2cc(C(O)c3ccc(Cl)s3)ccc2n1. The second-order valence-electron chi connectivity index (χ2n) is 4.45. The molecule has 0 saturated carbocycles. The van der Waals surface area contributed by atoms with Crippen LogP contribution in [-0.2, 0) is 0 Å². The second kappa shape index (κ2) is 4.93. The van der Waals surface area contributed by atoms with E-state index in [0.29, 0.717) is 4.34 Å². The van der Waals surface area contributed by atoms with Crippen LogP contribution in [0.15, 0.2) is 42.5 Å². The third kappa shape index (κ3) is 2.50. The number of rotatable bonds is 2. The molecule has 1 unspecified atom stereocenters. The summed E-state index contributed by atoms with van der Waals surface area (Å²) in [5, 5.41) is 11.4. The van der Waals surface area contributed by atoms with Crippen molar-refractivity contribution in [3.63, 3.8) is 0 Å². The molecule has 0 amide bonds. The molecule has 1 N–H and O–H groups in total. The fraction of sp³-hybridized carbons (Fsp3) is 0.133. The van der Waals surface area contributed by atoms with Gasteiger partial charge in [0.25, 0.3) is 0 Å². The summed E-state index contributed by atoms with van der Waals surface area (Å²) in [4.78, 5) is 5.30. The smallest absolute Gasteiger partial charge is 0.113 e. The first-order valence-electron chi connectivity index (χ1n) is 5.94. The molecular weight excluding hydrogens is 278 g/mol. The lowest BCUT2D eigenvalue weighted by Gasteiger charge is -2.10. The number of aromatic nitrogens is 1. The standard InChI is InChI=1S/C15H12ClNOS/c1-9-2-3-10-8-11(4-5-12(10)17-9)15(18)13-6-7-14(16)19-13/h2-8,15,18H,1H3. The van der Waals surface area contributed by atoms with Crippen LogP contribution < -0.4 is 0 Å². The Kier molecular flexibility index (Phi) is 3.27. The van der Waals surface area contributed by atoms with Gasteiger partial charge in [-0.05, 0) is 42.8 Å². The maximum Gasteiger partial charge on any atom is 0.113 e. The minimum atomic E-state index is -0.636. The first-order valence-corrected chi connectivity index (χ1v) is 7.13. The van der Waals surface area contributed by atoms with E-state index in [4.69, 9.17) is 11.6 Å². The van der Waals surface area contributed by atoms with Gasteiger partial charge in [-0.25, -0.2) is 0 Å². The van der Waals surface area contributed by atoms with E-state index in [0.717, 1.165) is 27.0 Å². The molecule has 2 aromatic heterocycles. The van der Waals surface area contributed by atoms with Gasteiger partial charge in [-0.3, -0.25) is 4.98 Å². The maximum absolute atomic E-state index is 10.4. The Hall–Kier alpha value is -1.42. The number of aliphatic hydroxyl groups excluding tert-OH is 1. The zero-order chi connectivity index (χ0) is 13.4. The van der Waals surface area contributed by atoms with Crippen molar-refractivity contribution in [1.29, 1.82) is 0 Å². The number of aryl methyl sites for hydroxylation is 1. The predicted octanol–water partition coefficient (Wildman–Crippen LogP) is 4.34. The molecule has 1 atom stereocenters. The van der Waals surface area contributed by atoms with Crippen LogP contribution in [0.2, 0.25) is 4.34 Å². The number of aliphatic hydroxyl groups is 1. The van der Waals surface area contributed by atoms with Gasteiger partial charge >= 0.3 is 0 Å². The monoisotopic (exact) mass is 289 g/mol. The number of thiophene rings is 1. The molecule has 0 aliphatic carbocycles. The molecule has 0 bridgehead atoms. The summed E-state index contributed by atoms with van der Waals surface area (Å²) >= 11 is 7.30. The third-order valence-corrected chi connectivity index (χ3v) is 4.32. The summed E-state index contributed by atoms with van der Waals surface area (Å²) in [7, 11) is 0. The predicted molar refractivity (Wildman–Crippen MR) is 79.9 cm³/mol. The van der Waals surface area contributed by atoms with E-state index in [1.807, 2.05) is 43.3 Å². The highest BCUT2D eigenvalue weighted by Gasteiger charge is 2.13. The highest BCUT2D eigenvalue weighted by Crippen LogP contribution is 2.31. The minimum absolute atomic E-state index is 0.636. The topological polar surface area (TPSA) is 33.1 Å². The summed E-state index contributed by atoms with van der Waals surface area (Å²) in [6, 6.07) is 13.5. The number of fused-ring (bicyclic) bond motifs is 1. The van der Waals surface area contributed by atoms with Gasteiger partial charge in [-0.1, -0.05) is 23.7 Å². The first-order chi connectivity index (χ1) is 9.13. The van der Waals surface area contributed by atoms with Crippen molar-refractivity contribution in [3.05, 3.63) is 62.9 Å². The number of halogens is 1. The number of pyridine rings is 1. The Bertz CT molecular complexity index is 738. The van der Waals surface area contributed by atoms with E-state index in [-0.39, 0.29) is 0 Å². The van der Waals surface area contributed by atoms with Crippen molar-refractivity contribution in [2.75, 3.05) is 0 Å². The summed E-state index contributed by atoms with van der Waals surface area (Å²) in [5.41, 5.74) is 2.79. The lowest BCUT2D eigenvalue weighted by molar-refractivity contribution is 0.224. The first kappa shape index (κ1) is 12.6. The molecular formula is C15H12ClNOS. The Morgan fingerprint density at radius 2 is 2.00 bits per heavy atom. The number of hydrogen-bond acceptors (Lipinski definition) is 3. The number of hydrogen-bond donors (Lipinski definition) is 1. The van der Waals surface area contributed by atoms with Crippen molar-refractivity contribution in [2.24, 2.45) is 0 Å². The average Bonchev–Trinajstić information content (AvgIpc) is 2.84. The molecule has 1 aromatic carbocycles. The van der Waals surface area contributed by atoms with Gasteiger partial charge in [0.1, 0.15) is 6.10 Å². The Balaban J connectivity index is 2.03. The van der Waals surface area contributed by atoms with Crippen LogP contribution in [0.25, 0.3) is 10.9 Å². The van der Waals surface area contributed by atoms with Crippen LogP contribution in [-0.4, -0.2) is 10.1 Å². The maximum atomic E-state index is 10.4. The molecule has 19 heavy (non-hydrogen) atoms. The van der Waals surface area contributed by atoms with E-state index in [1.165, 1.54) is 11.3 Å². The van der Waals surface area contributed by atoms with Gasteiger partial charge < -0.3 is 5.11 Å². The molecule has 0 radical (unpaired) electrons. The van der Waals surface area contributed by atoms with Crippen molar-refractivity contribution in [3.8, 4) is 0 Å². The van der Waals surface area contributed by atoms with E-state index >= 15 is 0 Å². The van der Waals surface area contributed by atoms with Crippen LogP contribution in [0.1, 0.15) is 22.2 Å². The van der Waals surface area contributed by atoms with Crippen LogP contribution in [0.5, 0.6) is 0 Å². The minimum Gasteiger partial charge on any atom is -0.383 e. The van der Waals surface area contributed by atoms with Gasteiger partial charge in [-0.2, -0.15) is 0 Å². The molecule has 4 heteroatoms. The van der Waals surface area contributed by atoms with E-state index in [1.54, 1.807) is 6.07 Å². The molecule has 96 valence electrons. The van der Waals surface area contributed by atoms with Crippen LogP contribution >= 0.6 is 22.9 Å². The van der Waals surface area contributed by atoms with E-state index < -0.39 is 6.10 Å². The molecule has 2 nitrogen and oxygen atoms in total. The normalized spacial score (nSPS) is 12.8. The Morgan fingerprint density at radius 1 is 1.16 bits per heavy atom. The zero-order valence-corrected chi connectivity index (χ0v) is 11.9. The van der Waals surface area contributed by atoms with Gasteiger partial charge in [0.2, 0.25) is 0 Å². The summed E-state index contributed by atoms with van der Waals surface area (Å²) in [6.45, 7) is 1.97. The second-order valence-corrected chi connectivity index (χ2v) is 6.20. The summed E-state index contributed by atoms with van der Waals surface area (Å²) in [5.74, 6) is 0. The largest absolute Gasteiger partial charge is 0.383 e. The lowest BCUT2D eigenvalue weighted by atomic mass is 10.0. The van der Waals surface area contributed by atoms with Gasteiger partial charge in [0.05, 0.1) is 9.85 Å². The molecule has 0 saturated heterocycles. The van der Waals surface area contributed by atoms with Crippen LogP contribution in [0.3, 0.4) is 0 Å². The van der Waals surface area contributed by atoms with Crippen molar-refractivity contribution < 1.29 is 5.11 Å². The Labute approximate surface area is 120 Å². The zero-order valence-electron chi connectivity index (χ0n) is 10.3. The summed E-state index contributed by atoms with van der Waals surface area (Å²) < 4.78 is 0.687. The average molecular weight is 290 g/mol. The quantitative estimate of drug-likeness (QED) is 0.761. The van der Waals surface area contributed by atoms with Crippen LogP contribution in [0.4, 0.5) is 0 Å². The molecule has 0 aliphatic heterocycles. The molecule has 0 aliphatic rings. The van der Waals surface area contributed by atoms with Crippen molar-refractivity contribution >= 4 is 33.8 Å². The fourth-order valence-electron chi connectivity index (χ4n) is 2.06. The van der Waals surface area contributed by atoms with Crippen molar-refractivity contribution in [2.45, 2.75) is 13.0 Å². The highest BCUT2D eigenvalue weighted by molar-refractivity contribution is 7.16. The lowest BCUT2D eigenvalue weighted by Crippen LogP contribution is -1.97.